The summed E-state index contributed by atoms with van der Waals surface area (Å²) in [5.74, 6) is -0.308. The number of pyridine rings is 1. The van der Waals surface area contributed by atoms with Gasteiger partial charge in [-0.15, -0.1) is 0 Å². The molecule has 2 N–H and O–H groups in total. The van der Waals surface area contributed by atoms with Gasteiger partial charge >= 0.3 is 0 Å². The van der Waals surface area contributed by atoms with Gasteiger partial charge in [0.05, 0.1) is 22.8 Å². The number of nitrogens with zero attached hydrogens (tertiary/aromatic N) is 5. The van der Waals surface area contributed by atoms with E-state index in [1.807, 2.05) is 79.7 Å². The Morgan fingerprint density at radius 3 is 2.67 bits per heavy atom. The number of benzene rings is 2. The summed E-state index contributed by atoms with van der Waals surface area (Å²) < 4.78 is 3.26. The van der Waals surface area contributed by atoms with Crippen molar-refractivity contribution in [3.8, 4) is 5.69 Å². The highest BCUT2D eigenvalue weighted by atomic mass is 16.2. The Bertz CT molecular complexity index is 1900. The SMILES string of the molecule is Cc1nn2cccnc2c1C(=O)N[C@@H](C)c1cc2cccc(/C=C/c3ccn[nH]3)c2c(=O)n1-c1ccccc1. The van der Waals surface area contributed by atoms with Gasteiger partial charge in [-0.25, -0.2) is 9.50 Å². The number of carbonyl (C=O) groups is 1. The van der Waals surface area contributed by atoms with Crippen LogP contribution in [-0.2, 0) is 0 Å². The van der Waals surface area contributed by atoms with Crippen LogP contribution >= 0.6 is 0 Å². The molecule has 9 heteroatoms. The second-order valence-corrected chi connectivity index (χ2v) is 9.25. The van der Waals surface area contributed by atoms with Gasteiger partial charge in [0.25, 0.3) is 11.5 Å². The van der Waals surface area contributed by atoms with Gasteiger partial charge in [0.2, 0.25) is 0 Å². The molecule has 1 amide bonds. The Kier molecular flexibility index (Phi) is 6.08. The Morgan fingerprint density at radius 1 is 1.03 bits per heavy atom. The Balaban J connectivity index is 1.47. The zero-order chi connectivity index (χ0) is 26.9. The smallest absolute Gasteiger partial charge is 0.263 e. The van der Waals surface area contributed by atoms with E-state index < -0.39 is 6.04 Å². The van der Waals surface area contributed by atoms with Gasteiger partial charge in [-0.3, -0.25) is 19.3 Å². The number of aryl methyl sites for hydroxylation is 1. The van der Waals surface area contributed by atoms with E-state index in [9.17, 15) is 9.59 Å². The molecule has 0 unspecified atom stereocenters. The predicted octanol–water partition coefficient (Wildman–Crippen LogP) is 4.73. The van der Waals surface area contributed by atoms with Crippen LogP contribution in [0.5, 0.6) is 0 Å². The number of aromatic nitrogens is 6. The van der Waals surface area contributed by atoms with Crippen LogP contribution in [0.2, 0.25) is 0 Å². The van der Waals surface area contributed by atoms with Crippen LogP contribution in [0.15, 0.2) is 90.1 Å². The minimum Gasteiger partial charge on any atom is -0.344 e. The number of H-pyrrole nitrogens is 1. The monoisotopic (exact) mass is 515 g/mol. The lowest BCUT2D eigenvalue weighted by atomic mass is 10.0. The summed E-state index contributed by atoms with van der Waals surface area (Å²) in [6.45, 7) is 3.65. The topological polar surface area (TPSA) is 110 Å². The number of para-hydroxylation sites is 1. The fraction of sp³-hybridized carbons (Fsp3) is 0.100. The summed E-state index contributed by atoms with van der Waals surface area (Å²) in [4.78, 5) is 32.0. The van der Waals surface area contributed by atoms with Crippen LogP contribution in [0.25, 0.3) is 34.3 Å². The van der Waals surface area contributed by atoms with E-state index in [4.69, 9.17) is 0 Å². The first-order chi connectivity index (χ1) is 19.0. The minimum atomic E-state index is -0.503. The highest BCUT2D eigenvalue weighted by molar-refractivity contribution is 6.01. The summed E-state index contributed by atoms with van der Waals surface area (Å²) in [6.07, 6.45) is 8.85. The molecule has 6 aromatic rings. The van der Waals surface area contributed by atoms with Crippen molar-refractivity contribution in [2.45, 2.75) is 19.9 Å². The lowest BCUT2D eigenvalue weighted by Gasteiger charge is -2.21. The van der Waals surface area contributed by atoms with E-state index in [0.717, 1.165) is 16.6 Å². The second kappa shape index (κ2) is 9.86. The quantitative estimate of drug-likeness (QED) is 0.333. The van der Waals surface area contributed by atoms with Crippen molar-refractivity contribution in [3.63, 3.8) is 0 Å². The number of fused-ring (bicyclic) bond motifs is 2. The van der Waals surface area contributed by atoms with Crippen molar-refractivity contribution in [1.29, 1.82) is 0 Å². The summed E-state index contributed by atoms with van der Waals surface area (Å²) in [6, 6.07) is 20.3. The van der Waals surface area contributed by atoms with Gasteiger partial charge in [-0.05, 0) is 61.2 Å². The molecular formula is C30H25N7O2. The maximum absolute atomic E-state index is 14.2. The molecule has 39 heavy (non-hydrogen) atoms. The molecule has 6 rings (SSSR count). The Morgan fingerprint density at radius 2 is 1.87 bits per heavy atom. The molecule has 0 aliphatic rings. The molecule has 4 heterocycles. The second-order valence-electron chi connectivity index (χ2n) is 9.25. The van der Waals surface area contributed by atoms with Gasteiger partial charge in [-0.1, -0.05) is 42.5 Å². The number of nitrogens with one attached hydrogen (secondary N) is 2. The lowest BCUT2D eigenvalue weighted by molar-refractivity contribution is 0.0939. The van der Waals surface area contributed by atoms with E-state index in [0.29, 0.717) is 33.7 Å². The fourth-order valence-corrected chi connectivity index (χ4v) is 4.85. The normalized spacial score (nSPS) is 12.4. The Hall–Kier alpha value is -5.31. The molecule has 0 radical (unpaired) electrons. The largest absolute Gasteiger partial charge is 0.344 e. The number of amides is 1. The standard InChI is InChI=1S/C30H25N7O2/c1-19(33-29(38)26-20(2)35-36-17-7-15-31-28(26)36)25-18-22-9-6-8-21(12-13-23-14-16-32-34-23)27(22)30(39)37(25)24-10-4-3-5-11-24/h3-19H,1-2H3,(H,32,34)(H,33,38)/b13-12+/t19-/m0/s1. The molecule has 0 saturated heterocycles. The van der Waals surface area contributed by atoms with E-state index in [-0.39, 0.29) is 11.5 Å². The molecule has 0 fully saturated rings. The maximum Gasteiger partial charge on any atom is 0.263 e. The van der Waals surface area contributed by atoms with Gasteiger partial charge in [0.1, 0.15) is 5.56 Å². The molecule has 0 saturated carbocycles. The molecule has 0 bridgehead atoms. The maximum atomic E-state index is 14.2. The zero-order valence-corrected chi connectivity index (χ0v) is 21.4. The van der Waals surface area contributed by atoms with E-state index in [1.54, 1.807) is 40.7 Å². The summed E-state index contributed by atoms with van der Waals surface area (Å²) in [5, 5.41) is 15.7. The first kappa shape index (κ1) is 24.1. The average Bonchev–Trinajstić information content (AvgIpc) is 3.59. The molecule has 1 atom stereocenters. The van der Waals surface area contributed by atoms with Gasteiger partial charge in [0.15, 0.2) is 5.65 Å². The van der Waals surface area contributed by atoms with Gasteiger partial charge in [0, 0.05) is 30.0 Å². The summed E-state index contributed by atoms with van der Waals surface area (Å²) >= 11 is 0. The van der Waals surface area contributed by atoms with Crippen molar-refractivity contribution in [3.05, 3.63) is 124 Å². The number of aromatic amines is 1. The fourth-order valence-electron chi connectivity index (χ4n) is 4.85. The van der Waals surface area contributed by atoms with Crippen molar-refractivity contribution in [2.75, 3.05) is 0 Å². The molecule has 9 nitrogen and oxygen atoms in total. The van der Waals surface area contributed by atoms with Gasteiger partial charge < -0.3 is 5.32 Å². The van der Waals surface area contributed by atoms with Crippen LogP contribution < -0.4 is 10.9 Å². The van der Waals surface area contributed by atoms with Crippen molar-refractivity contribution < 1.29 is 4.79 Å². The highest BCUT2D eigenvalue weighted by Crippen LogP contribution is 2.25. The van der Waals surface area contributed by atoms with Crippen molar-refractivity contribution in [1.82, 2.24) is 34.7 Å². The van der Waals surface area contributed by atoms with Crippen LogP contribution in [0.3, 0.4) is 0 Å². The van der Waals surface area contributed by atoms with Crippen LogP contribution in [0.1, 0.15) is 46.0 Å². The molecular weight excluding hydrogens is 490 g/mol. The number of rotatable bonds is 6. The Labute approximate surface area is 223 Å². The van der Waals surface area contributed by atoms with E-state index >= 15 is 0 Å². The molecule has 4 aromatic heterocycles. The van der Waals surface area contributed by atoms with Crippen LogP contribution in [0.4, 0.5) is 0 Å². The number of hydrogen-bond acceptors (Lipinski definition) is 5. The molecule has 0 spiro atoms. The van der Waals surface area contributed by atoms with Crippen LogP contribution in [-0.4, -0.2) is 35.3 Å². The third-order valence-corrected chi connectivity index (χ3v) is 6.68. The predicted molar refractivity (Wildman–Crippen MR) is 151 cm³/mol. The zero-order valence-electron chi connectivity index (χ0n) is 21.4. The molecule has 0 aliphatic heterocycles. The summed E-state index contributed by atoms with van der Waals surface area (Å²) in [7, 11) is 0. The lowest BCUT2D eigenvalue weighted by Crippen LogP contribution is -2.32. The van der Waals surface area contributed by atoms with Crippen LogP contribution in [0, 0.1) is 6.92 Å². The summed E-state index contributed by atoms with van der Waals surface area (Å²) in [5.41, 5.74) is 4.27. The highest BCUT2D eigenvalue weighted by Gasteiger charge is 2.23. The third-order valence-electron chi connectivity index (χ3n) is 6.68. The molecule has 0 aliphatic carbocycles. The average molecular weight is 516 g/mol. The number of carbonyl (C=O) groups excluding carboxylic acids is 1. The van der Waals surface area contributed by atoms with Crippen molar-refractivity contribution in [2.24, 2.45) is 0 Å². The van der Waals surface area contributed by atoms with Crippen molar-refractivity contribution >= 4 is 34.5 Å². The molecule has 192 valence electrons. The first-order valence-corrected chi connectivity index (χ1v) is 12.5. The first-order valence-electron chi connectivity index (χ1n) is 12.5. The van der Waals surface area contributed by atoms with E-state index in [1.165, 1.54) is 0 Å². The molecule has 2 aromatic carbocycles. The minimum absolute atomic E-state index is 0.173. The number of hydrogen-bond donors (Lipinski definition) is 2. The van der Waals surface area contributed by atoms with Gasteiger partial charge in [-0.2, -0.15) is 10.2 Å². The van der Waals surface area contributed by atoms with E-state index in [2.05, 4.69) is 25.6 Å². The third kappa shape index (κ3) is 4.40.